The molecule has 10 atom stereocenters. The highest BCUT2D eigenvalue weighted by atomic mass is 16.3. The summed E-state index contributed by atoms with van der Waals surface area (Å²) >= 11 is 0. The van der Waals surface area contributed by atoms with Crippen LogP contribution in [0.1, 0.15) is 162 Å². The van der Waals surface area contributed by atoms with E-state index in [4.69, 9.17) is 0 Å². The second-order valence-electron chi connectivity index (χ2n) is 24.3. The van der Waals surface area contributed by atoms with Gasteiger partial charge in [0, 0.05) is 37.1 Å². The van der Waals surface area contributed by atoms with Crippen LogP contribution < -0.4 is 31.9 Å². The third-order valence-electron chi connectivity index (χ3n) is 16.5. The Morgan fingerprint density at radius 3 is 1.31 bits per heavy atom. The summed E-state index contributed by atoms with van der Waals surface area (Å²) in [5.74, 6) is -3.65. The van der Waals surface area contributed by atoms with E-state index in [0.717, 1.165) is 35.1 Å². The van der Waals surface area contributed by atoms with Gasteiger partial charge in [0.1, 0.15) is 35.7 Å². The molecule has 0 spiro atoms. The maximum absolute atomic E-state index is 14.8. The van der Waals surface area contributed by atoms with Crippen LogP contribution in [0.5, 0.6) is 11.5 Å². The van der Waals surface area contributed by atoms with Crippen LogP contribution >= 0.6 is 0 Å². The van der Waals surface area contributed by atoms with E-state index in [1.165, 1.54) is 9.80 Å². The van der Waals surface area contributed by atoms with E-state index in [-0.39, 0.29) is 84.8 Å². The number of likely N-dealkylation sites (N-methyl/N-ethyl adjacent to an activating group) is 2. The highest BCUT2D eigenvalue weighted by Gasteiger charge is 2.48. The second-order valence-corrected chi connectivity index (χ2v) is 24.3. The van der Waals surface area contributed by atoms with Gasteiger partial charge >= 0.3 is 0 Å². The van der Waals surface area contributed by atoms with E-state index in [9.17, 15) is 48.6 Å². The molecule has 2 heterocycles. The number of benzene rings is 3. The summed E-state index contributed by atoms with van der Waals surface area (Å²) in [6.07, 6.45) is 4.29. The molecule has 0 saturated carbocycles. The maximum Gasteiger partial charge on any atom is 0.246 e. The Morgan fingerprint density at radius 1 is 0.577 bits per heavy atom. The van der Waals surface area contributed by atoms with E-state index in [1.54, 1.807) is 76.5 Å². The number of ketones is 2. The summed E-state index contributed by atoms with van der Waals surface area (Å²) in [5, 5.41) is 39.2. The molecule has 2 aliphatic carbocycles. The summed E-state index contributed by atoms with van der Waals surface area (Å²) in [6, 6.07) is 10.9. The first-order chi connectivity index (χ1) is 36.8. The predicted molar refractivity (Wildman–Crippen MR) is 295 cm³/mol. The number of hydrogen-bond donors (Lipinski definition) is 8. The van der Waals surface area contributed by atoms with Crippen molar-refractivity contribution in [2.24, 2.45) is 22.7 Å². The molecule has 3 aromatic rings. The first-order valence-electron chi connectivity index (χ1n) is 27.8. The quantitative estimate of drug-likeness (QED) is 0.0752. The van der Waals surface area contributed by atoms with Crippen LogP contribution in [0, 0.1) is 22.7 Å². The number of hydrogen-bond acceptors (Lipinski definition) is 12. The third kappa shape index (κ3) is 13.4. The Balaban J connectivity index is 1.09. The highest BCUT2D eigenvalue weighted by Crippen LogP contribution is 2.39. The molecule has 0 radical (unpaired) electrons. The number of aromatic hydroxyl groups is 2. The molecule has 422 valence electrons. The fourth-order valence-electron chi connectivity index (χ4n) is 11.7. The number of carbonyl (C=O) groups excluding carboxylic acids is 8. The number of nitrogens with one attached hydrogen (secondary N) is 6. The Labute approximate surface area is 459 Å². The third-order valence-corrected chi connectivity index (χ3v) is 16.5. The Hall–Kier alpha value is -6.66. The van der Waals surface area contributed by atoms with Gasteiger partial charge < -0.3 is 51.9 Å². The molecule has 2 fully saturated rings. The summed E-state index contributed by atoms with van der Waals surface area (Å²) in [4.78, 5) is 117. The highest BCUT2D eigenvalue weighted by molar-refractivity contribution is 6.02. The number of nitrogens with zero attached hydrogens (tertiary/aromatic N) is 2. The van der Waals surface area contributed by atoms with E-state index < -0.39 is 94.6 Å². The fraction of sp³-hybridized carbons (Fsp3) is 0.567. The molecule has 3 aromatic carbocycles. The van der Waals surface area contributed by atoms with E-state index in [2.05, 4.69) is 31.9 Å². The molecule has 7 rings (SSSR count). The first-order valence-corrected chi connectivity index (χ1v) is 27.8. The van der Waals surface area contributed by atoms with Gasteiger partial charge in [0.15, 0.2) is 11.6 Å². The minimum Gasteiger partial charge on any atom is -0.508 e. The zero-order valence-electron chi connectivity index (χ0n) is 47.1. The molecule has 18 nitrogen and oxygen atoms in total. The minimum absolute atomic E-state index is 0.0468. The monoisotopic (exact) mass is 1070 g/mol. The van der Waals surface area contributed by atoms with Crippen molar-refractivity contribution < 1.29 is 48.6 Å². The number of fused-ring (bicyclic) bond motifs is 2. The Bertz CT molecular complexity index is 2590. The van der Waals surface area contributed by atoms with E-state index in [0.29, 0.717) is 25.7 Å². The van der Waals surface area contributed by atoms with Gasteiger partial charge in [-0.1, -0.05) is 84.0 Å². The molecule has 8 N–H and O–H groups in total. The summed E-state index contributed by atoms with van der Waals surface area (Å²) in [5.41, 5.74) is 2.20. The Kier molecular flexibility index (Phi) is 18.6. The van der Waals surface area contributed by atoms with Crippen molar-refractivity contribution in [2.75, 3.05) is 27.2 Å². The second kappa shape index (κ2) is 24.6. The summed E-state index contributed by atoms with van der Waals surface area (Å²) in [7, 11) is 3.29. The van der Waals surface area contributed by atoms with Crippen molar-refractivity contribution in [3.8, 4) is 11.5 Å². The molecule has 4 aliphatic rings. The molecular weight excluding hydrogens is 993 g/mol. The van der Waals surface area contributed by atoms with Crippen LogP contribution in [0.15, 0.2) is 60.7 Å². The van der Waals surface area contributed by atoms with Crippen molar-refractivity contribution in [2.45, 2.75) is 168 Å². The molecule has 0 aromatic heterocycles. The smallest absolute Gasteiger partial charge is 0.246 e. The van der Waals surface area contributed by atoms with Crippen molar-refractivity contribution in [1.29, 1.82) is 0 Å². The lowest BCUT2D eigenvalue weighted by molar-refractivity contribution is -0.144. The molecule has 0 unspecified atom stereocenters. The molecule has 2 aliphatic heterocycles. The summed E-state index contributed by atoms with van der Waals surface area (Å²) in [6.45, 7) is 14.5. The van der Waals surface area contributed by atoms with Gasteiger partial charge in [-0.2, -0.15) is 0 Å². The van der Waals surface area contributed by atoms with Gasteiger partial charge in [-0.05, 0) is 142 Å². The van der Waals surface area contributed by atoms with Gasteiger partial charge in [-0.25, -0.2) is 0 Å². The van der Waals surface area contributed by atoms with Crippen molar-refractivity contribution in [1.82, 2.24) is 41.7 Å². The van der Waals surface area contributed by atoms with Crippen LogP contribution in [0.4, 0.5) is 0 Å². The molecular formula is C60H82N8O10. The molecule has 0 bridgehead atoms. The van der Waals surface area contributed by atoms with Crippen LogP contribution in [-0.4, -0.2) is 130 Å². The average Bonchev–Trinajstić information content (AvgIpc) is 4.10. The zero-order valence-corrected chi connectivity index (χ0v) is 47.1. The number of rotatable bonds is 18. The molecule has 18 heteroatoms. The van der Waals surface area contributed by atoms with Gasteiger partial charge in [0.05, 0.1) is 24.2 Å². The van der Waals surface area contributed by atoms with E-state index in [1.807, 2.05) is 53.7 Å². The molecule has 78 heavy (non-hydrogen) atoms. The standard InChI is InChI=1S/C60H82N8O10/c1-33(61-9)53(73)65-51(59(3,4)5)57(77)67-31-35(26-45(67)55(75)63-43-22-12-20-41-39(43)18-14-24-47(41)69)28-49(71)37-16-11-17-38(30-37)50(72)29-36-27-46(56(76)64-44-23-13-21-42-40(44)19-15-25-48(42)70)68(32-36)58(78)52(60(6,7)8)66-54(74)34(2)62-10/h11,14-19,24-25,30,33-36,43-46,51-52,61-62,69-70H,12-13,20-23,26-29,31-32H2,1-10H3,(H,63,75)(H,64,76)(H,65,73)(H,66,74)/t33-,34-,35+,36+,43+,44+,45-,46-,51+,52+/m0/s1. The van der Waals surface area contributed by atoms with Crippen molar-refractivity contribution in [3.63, 3.8) is 0 Å². The minimum atomic E-state index is -1.01. The van der Waals surface area contributed by atoms with Gasteiger partial charge in [-0.15, -0.1) is 0 Å². The topological polar surface area (TPSA) is 256 Å². The lowest BCUT2D eigenvalue weighted by atomic mass is 9.85. The van der Waals surface area contributed by atoms with Crippen LogP contribution in [0.3, 0.4) is 0 Å². The largest absolute Gasteiger partial charge is 0.508 e. The van der Waals surface area contributed by atoms with Crippen LogP contribution in [0.2, 0.25) is 0 Å². The maximum atomic E-state index is 14.8. The normalized spacial score (nSPS) is 22.7. The lowest BCUT2D eigenvalue weighted by Gasteiger charge is -2.36. The van der Waals surface area contributed by atoms with E-state index >= 15 is 0 Å². The predicted octanol–water partition coefficient (Wildman–Crippen LogP) is 5.34. The molecule has 6 amide bonds. The Morgan fingerprint density at radius 2 is 0.949 bits per heavy atom. The van der Waals surface area contributed by atoms with Crippen LogP contribution in [-0.2, 0) is 41.6 Å². The fourth-order valence-corrected chi connectivity index (χ4v) is 11.7. The number of phenolic OH excluding ortho intramolecular Hbond substituents is 2. The number of amides is 6. The number of likely N-dealkylation sites (tertiary alicyclic amines) is 2. The van der Waals surface area contributed by atoms with Crippen molar-refractivity contribution >= 4 is 47.0 Å². The van der Waals surface area contributed by atoms with Crippen molar-refractivity contribution in [3.05, 3.63) is 94.0 Å². The lowest BCUT2D eigenvalue weighted by Crippen LogP contribution is -2.59. The van der Waals surface area contributed by atoms with Gasteiger partial charge in [0.25, 0.3) is 0 Å². The summed E-state index contributed by atoms with van der Waals surface area (Å²) < 4.78 is 0. The zero-order chi connectivity index (χ0) is 57.0. The average molecular weight is 1080 g/mol. The number of carbonyl (C=O) groups is 8. The van der Waals surface area contributed by atoms with Crippen LogP contribution in [0.25, 0.3) is 0 Å². The first kappa shape index (κ1) is 59.0. The number of Topliss-reactive ketones (excluding diaryl/α,β-unsaturated/α-hetero) is 2. The SMILES string of the molecule is CN[C@@H](C)C(=O)N[C@H](C(=O)N1C[C@@H](CC(=O)c2cccc(C(=O)C[C@H]3C[C@@H](C(=O)N[C@@H]4CCCc5c(O)cccc54)N(C(=O)[C@@H](NC(=O)[C@H](C)NC)C(C)(C)C)C3)c2)C[C@H]1C(=O)N[C@@H]1CCCc2c(O)cccc21)C(C)(C)C. The molecule has 2 saturated heterocycles. The number of phenols is 2. The van der Waals surface area contributed by atoms with Gasteiger partial charge in [-0.3, -0.25) is 38.4 Å². The van der Waals surface area contributed by atoms with Gasteiger partial charge in [0.2, 0.25) is 35.4 Å².